The minimum Gasteiger partial charge on any atom is -0.497 e. The number of sulfonamides is 1. The summed E-state index contributed by atoms with van der Waals surface area (Å²) in [7, 11) is 0.748. The fraction of sp³-hybridized carbons (Fsp3) is 0.435. The van der Waals surface area contributed by atoms with Gasteiger partial charge in [0.1, 0.15) is 23.6 Å². The van der Waals surface area contributed by atoms with Gasteiger partial charge < -0.3 is 24.3 Å². The maximum absolute atomic E-state index is 13.0. The molecular formula is C23H30N2O7S. The fourth-order valence-electron chi connectivity index (χ4n) is 3.84. The minimum absolute atomic E-state index is 0.291. The van der Waals surface area contributed by atoms with Gasteiger partial charge in [0.25, 0.3) is 0 Å². The van der Waals surface area contributed by atoms with Gasteiger partial charge in [0.2, 0.25) is 15.9 Å². The predicted molar refractivity (Wildman–Crippen MR) is 125 cm³/mol. The van der Waals surface area contributed by atoms with Crippen molar-refractivity contribution < 1.29 is 32.2 Å². The van der Waals surface area contributed by atoms with E-state index in [4.69, 9.17) is 18.9 Å². The molecule has 10 heteroatoms. The molecular weight excluding hydrogens is 448 g/mol. The summed E-state index contributed by atoms with van der Waals surface area (Å²) in [6.07, 6.45) is 1.56. The van der Waals surface area contributed by atoms with E-state index in [0.29, 0.717) is 35.1 Å². The number of carbonyl (C=O) groups is 1. The Morgan fingerprint density at radius 3 is 2.39 bits per heavy atom. The van der Waals surface area contributed by atoms with E-state index >= 15 is 0 Å². The summed E-state index contributed by atoms with van der Waals surface area (Å²) < 4.78 is 48.0. The SMILES string of the molecule is COc1ccc2c(c1)C(NC(=O)CN(c1ccc(OC)c(OC)c1)S(C)(=O)=O)CC(C)(C)O2. The van der Waals surface area contributed by atoms with Crippen molar-refractivity contribution in [3.8, 4) is 23.0 Å². The lowest BCUT2D eigenvalue weighted by Gasteiger charge is -2.38. The summed E-state index contributed by atoms with van der Waals surface area (Å²) >= 11 is 0. The molecule has 180 valence electrons. The van der Waals surface area contributed by atoms with E-state index in [1.54, 1.807) is 31.4 Å². The smallest absolute Gasteiger partial charge is 0.241 e. The Kier molecular flexibility index (Phi) is 6.97. The van der Waals surface area contributed by atoms with Gasteiger partial charge in [-0.25, -0.2) is 8.42 Å². The van der Waals surface area contributed by atoms with Crippen LogP contribution in [0, 0.1) is 0 Å². The molecule has 1 aliphatic heterocycles. The fourth-order valence-corrected chi connectivity index (χ4v) is 4.69. The third-order valence-electron chi connectivity index (χ3n) is 5.35. The number of fused-ring (bicyclic) bond motifs is 1. The molecule has 1 N–H and O–H groups in total. The molecule has 0 saturated heterocycles. The Morgan fingerprint density at radius 1 is 1.09 bits per heavy atom. The number of methoxy groups -OCH3 is 3. The van der Waals surface area contributed by atoms with Crippen molar-refractivity contribution in [3.63, 3.8) is 0 Å². The topological polar surface area (TPSA) is 103 Å². The first kappa shape index (κ1) is 24.5. The Balaban J connectivity index is 1.87. The number of ether oxygens (including phenoxy) is 4. The molecule has 33 heavy (non-hydrogen) atoms. The lowest BCUT2D eigenvalue weighted by atomic mass is 9.89. The number of amides is 1. The second-order valence-electron chi connectivity index (χ2n) is 8.40. The summed E-state index contributed by atoms with van der Waals surface area (Å²) in [5.41, 5.74) is 0.554. The van der Waals surface area contributed by atoms with Crippen molar-refractivity contribution in [1.82, 2.24) is 5.32 Å². The zero-order valence-corrected chi connectivity index (χ0v) is 20.5. The van der Waals surface area contributed by atoms with Crippen LogP contribution in [0.2, 0.25) is 0 Å². The Labute approximate surface area is 194 Å². The first-order valence-electron chi connectivity index (χ1n) is 10.3. The van der Waals surface area contributed by atoms with Gasteiger partial charge in [-0.2, -0.15) is 0 Å². The Morgan fingerprint density at radius 2 is 1.79 bits per heavy atom. The second-order valence-corrected chi connectivity index (χ2v) is 10.3. The molecule has 1 heterocycles. The standard InChI is InChI=1S/C23H30N2O7S/c1-23(2)13-18(17-12-16(29-3)8-10-19(17)32-23)24-22(26)14-25(33(6,27)28)15-7-9-20(30-4)21(11-15)31-5/h7-12,18H,13-14H2,1-6H3,(H,24,26). The zero-order valence-electron chi connectivity index (χ0n) is 19.7. The maximum atomic E-state index is 13.0. The number of benzene rings is 2. The van der Waals surface area contributed by atoms with Gasteiger partial charge in [-0.1, -0.05) is 0 Å². The molecule has 9 nitrogen and oxygen atoms in total. The Hall–Kier alpha value is -3.14. The lowest BCUT2D eigenvalue weighted by Crippen LogP contribution is -2.45. The molecule has 1 aliphatic rings. The largest absolute Gasteiger partial charge is 0.497 e. The average molecular weight is 479 g/mol. The van der Waals surface area contributed by atoms with E-state index in [-0.39, 0.29) is 6.04 Å². The van der Waals surface area contributed by atoms with Gasteiger partial charge in [-0.05, 0) is 44.2 Å². The quantitative estimate of drug-likeness (QED) is 0.622. The third kappa shape index (κ3) is 5.62. The molecule has 0 bridgehead atoms. The first-order valence-corrected chi connectivity index (χ1v) is 12.2. The van der Waals surface area contributed by atoms with Crippen LogP contribution < -0.4 is 28.6 Å². The summed E-state index contributed by atoms with van der Waals surface area (Å²) in [4.78, 5) is 13.0. The van der Waals surface area contributed by atoms with Crippen LogP contribution in [-0.4, -0.2) is 54.1 Å². The molecule has 1 amide bonds. The molecule has 1 unspecified atom stereocenters. The van der Waals surface area contributed by atoms with E-state index in [2.05, 4.69) is 5.32 Å². The summed E-state index contributed by atoms with van der Waals surface area (Å²) in [5.74, 6) is 1.65. The molecule has 0 spiro atoms. The van der Waals surface area contributed by atoms with Crippen LogP contribution in [0.3, 0.4) is 0 Å². The summed E-state index contributed by atoms with van der Waals surface area (Å²) in [6.45, 7) is 3.48. The van der Waals surface area contributed by atoms with Crippen LogP contribution in [0.25, 0.3) is 0 Å². The van der Waals surface area contributed by atoms with Crippen molar-refractivity contribution in [2.75, 3.05) is 38.4 Å². The van der Waals surface area contributed by atoms with Crippen LogP contribution in [-0.2, 0) is 14.8 Å². The number of nitrogens with one attached hydrogen (secondary N) is 1. The summed E-state index contributed by atoms with van der Waals surface area (Å²) in [5, 5.41) is 2.97. The third-order valence-corrected chi connectivity index (χ3v) is 6.49. The van der Waals surface area contributed by atoms with Gasteiger partial charge in [0, 0.05) is 18.1 Å². The molecule has 1 atom stereocenters. The first-order chi connectivity index (χ1) is 15.5. The number of rotatable bonds is 8. The highest BCUT2D eigenvalue weighted by atomic mass is 32.2. The van der Waals surface area contributed by atoms with Crippen molar-refractivity contribution in [3.05, 3.63) is 42.0 Å². The van der Waals surface area contributed by atoms with Gasteiger partial charge in [-0.3, -0.25) is 9.10 Å². The maximum Gasteiger partial charge on any atom is 0.241 e. The highest BCUT2D eigenvalue weighted by Crippen LogP contribution is 2.41. The van der Waals surface area contributed by atoms with Crippen molar-refractivity contribution in [2.24, 2.45) is 0 Å². The highest BCUT2D eigenvalue weighted by molar-refractivity contribution is 7.92. The van der Waals surface area contributed by atoms with Crippen molar-refractivity contribution in [2.45, 2.75) is 31.9 Å². The molecule has 0 aliphatic carbocycles. The number of nitrogens with zero attached hydrogens (tertiary/aromatic N) is 1. The molecule has 3 rings (SSSR count). The number of carbonyl (C=O) groups excluding carboxylic acids is 1. The monoisotopic (exact) mass is 478 g/mol. The van der Waals surface area contributed by atoms with Crippen molar-refractivity contribution in [1.29, 1.82) is 0 Å². The molecule has 2 aromatic rings. The molecule has 0 saturated carbocycles. The average Bonchev–Trinajstić information content (AvgIpc) is 2.75. The van der Waals surface area contributed by atoms with E-state index < -0.39 is 28.1 Å². The van der Waals surface area contributed by atoms with E-state index in [9.17, 15) is 13.2 Å². The molecule has 2 aromatic carbocycles. The van der Waals surface area contributed by atoms with Crippen LogP contribution >= 0.6 is 0 Å². The number of hydrogen-bond acceptors (Lipinski definition) is 7. The van der Waals surface area contributed by atoms with E-state index in [0.717, 1.165) is 16.1 Å². The lowest BCUT2D eigenvalue weighted by molar-refractivity contribution is -0.120. The second kappa shape index (κ2) is 9.38. The Bertz CT molecular complexity index is 1130. The molecule has 0 aromatic heterocycles. The molecule has 0 fully saturated rings. The number of anilines is 1. The van der Waals surface area contributed by atoms with Crippen LogP contribution in [0.15, 0.2) is 36.4 Å². The van der Waals surface area contributed by atoms with Crippen molar-refractivity contribution >= 4 is 21.6 Å². The van der Waals surface area contributed by atoms with Gasteiger partial charge in [-0.15, -0.1) is 0 Å². The minimum atomic E-state index is -3.76. The van der Waals surface area contributed by atoms with Crippen LogP contribution in [0.1, 0.15) is 31.9 Å². The predicted octanol–water partition coefficient (Wildman–Crippen LogP) is 2.90. The van der Waals surface area contributed by atoms with E-state index in [1.165, 1.54) is 20.3 Å². The van der Waals surface area contributed by atoms with E-state index in [1.807, 2.05) is 19.9 Å². The summed E-state index contributed by atoms with van der Waals surface area (Å²) in [6, 6.07) is 9.71. The highest BCUT2D eigenvalue weighted by Gasteiger charge is 2.35. The normalized spacial score (nSPS) is 16.7. The van der Waals surface area contributed by atoms with Crippen LogP contribution in [0.4, 0.5) is 5.69 Å². The van der Waals surface area contributed by atoms with Crippen LogP contribution in [0.5, 0.6) is 23.0 Å². The molecule has 0 radical (unpaired) electrons. The van der Waals surface area contributed by atoms with Gasteiger partial charge in [0.15, 0.2) is 11.5 Å². The van der Waals surface area contributed by atoms with Gasteiger partial charge in [0.05, 0.1) is 39.3 Å². The number of hydrogen-bond donors (Lipinski definition) is 1. The van der Waals surface area contributed by atoms with Gasteiger partial charge >= 0.3 is 0 Å². The zero-order chi connectivity index (χ0) is 24.4.